The summed E-state index contributed by atoms with van der Waals surface area (Å²) >= 11 is 6.63. The molecular weight excluding hydrogens is 838 g/mol. The first-order valence-corrected chi connectivity index (χ1v) is 21.1. The lowest BCUT2D eigenvalue weighted by molar-refractivity contribution is -0.123. The minimum Gasteiger partial charge on any atom is -0.360 e. The van der Waals surface area contributed by atoms with Crippen LogP contribution < -0.4 is 15.4 Å². The molecule has 60 heavy (non-hydrogen) atoms. The highest BCUT2D eigenvalue weighted by Gasteiger charge is 2.62. The standard InChI is InChI=1S/C40H37ClF6N8O4S/c1-39(19-48-12-13-59-39)11-10-23-4-5-24(25-7-9-28(41)32-35(25)54(2)52-38(32)53-60(3,57)58)33(49-23)29(16-20-14-21(42)17-22(43)15-20)50-30(56)18-55-36-31(34(51-55)37(44)45)26-6-8-27(26)40(36,46)47/h4-5,7,9,14-15,17,26-27,29,37,48H,6,8,12-13,16,18-19H2,1-3H3,(H,50,56)(H,52,53)/t26-,27+,29-,39?/m0/s1. The average molecular weight is 875 g/mol. The number of fused-ring (bicyclic) bond motifs is 4. The number of nitrogens with one attached hydrogen (secondary N) is 3. The van der Waals surface area contributed by atoms with Crippen LogP contribution in [0.2, 0.25) is 5.02 Å². The Morgan fingerprint density at radius 3 is 2.47 bits per heavy atom. The van der Waals surface area contributed by atoms with Crippen molar-refractivity contribution in [3.63, 3.8) is 0 Å². The zero-order valence-electron chi connectivity index (χ0n) is 32.2. The topological polar surface area (TPSA) is 145 Å². The lowest BCUT2D eigenvalue weighted by Gasteiger charge is -2.34. The first-order chi connectivity index (χ1) is 28.3. The van der Waals surface area contributed by atoms with Gasteiger partial charge in [-0.1, -0.05) is 23.6 Å². The maximum absolute atomic E-state index is 15.7. The molecule has 2 aromatic carbocycles. The molecular formula is C40H37ClF6N8O4S. The number of anilines is 1. The molecule has 0 radical (unpaired) electrons. The molecule has 4 heterocycles. The third-order valence-electron chi connectivity index (χ3n) is 11.0. The highest BCUT2D eigenvalue weighted by atomic mass is 35.5. The Morgan fingerprint density at radius 2 is 1.82 bits per heavy atom. The average Bonchev–Trinajstić information content (AvgIpc) is 3.71. The molecule has 12 nitrogen and oxygen atoms in total. The number of benzene rings is 2. The van der Waals surface area contributed by atoms with E-state index in [9.17, 15) is 30.8 Å². The van der Waals surface area contributed by atoms with Crippen molar-refractivity contribution in [1.29, 1.82) is 0 Å². The Hall–Kier alpha value is -5.16. The number of aryl methyl sites for hydroxylation is 1. The Balaban J connectivity index is 1.28. The molecule has 2 aliphatic carbocycles. The van der Waals surface area contributed by atoms with E-state index >= 15 is 8.78 Å². The molecule has 20 heteroatoms. The van der Waals surface area contributed by atoms with Crippen LogP contribution in [-0.2, 0) is 45.5 Å². The minimum atomic E-state index is -3.83. The van der Waals surface area contributed by atoms with Gasteiger partial charge in [-0.25, -0.2) is 31.0 Å². The number of sulfonamides is 1. The van der Waals surface area contributed by atoms with Gasteiger partial charge in [-0.3, -0.25) is 18.9 Å². The second kappa shape index (κ2) is 15.4. The molecule has 0 spiro atoms. The third-order valence-corrected chi connectivity index (χ3v) is 11.9. The Morgan fingerprint density at radius 1 is 1.08 bits per heavy atom. The van der Waals surface area contributed by atoms with Gasteiger partial charge in [0.15, 0.2) is 5.82 Å². The van der Waals surface area contributed by atoms with E-state index in [0.717, 1.165) is 18.4 Å². The summed E-state index contributed by atoms with van der Waals surface area (Å²) in [6, 6.07) is 7.82. The van der Waals surface area contributed by atoms with Gasteiger partial charge in [-0.15, -0.1) is 0 Å². The van der Waals surface area contributed by atoms with Crippen molar-refractivity contribution in [2.45, 2.75) is 62.6 Å². The van der Waals surface area contributed by atoms with Crippen LogP contribution >= 0.6 is 11.6 Å². The van der Waals surface area contributed by atoms with Gasteiger partial charge in [-0.05, 0) is 73.9 Å². The van der Waals surface area contributed by atoms with Crippen molar-refractivity contribution in [2.75, 3.05) is 30.7 Å². The zero-order valence-corrected chi connectivity index (χ0v) is 33.8. The van der Waals surface area contributed by atoms with Crippen molar-refractivity contribution in [1.82, 2.24) is 35.2 Å². The number of rotatable bonds is 10. The number of hydrogen-bond acceptors (Lipinski definition) is 8. The van der Waals surface area contributed by atoms with Gasteiger partial charge in [0.2, 0.25) is 15.9 Å². The number of hydrogen-bond donors (Lipinski definition) is 3. The first-order valence-electron chi connectivity index (χ1n) is 18.9. The summed E-state index contributed by atoms with van der Waals surface area (Å²) in [6.45, 7) is 2.33. The van der Waals surface area contributed by atoms with Crippen molar-refractivity contribution in [2.24, 2.45) is 13.0 Å². The van der Waals surface area contributed by atoms with Crippen molar-refractivity contribution in [3.8, 4) is 23.0 Å². The maximum atomic E-state index is 15.7. The van der Waals surface area contributed by atoms with Crippen LogP contribution in [0, 0.1) is 29.4 Å². The van der Waals surface area contributed by atoms with Gasteiger partial charge < -0.3 is 15.4 Å². The summed E-state index contributed by atoms with van der Waals surface area (Å²) in [5, 5.41) is 14.5. The predicted molar refractivity (Wildman–Crippen MR) is 209 cm³/mol. The van der Waals surface area contributed by atoms with Crippen molar-refractivity contribution in [3.05, 3.63) is 93.0 Å². The molecule has 1 saturated carbocycles. The van der Waals surface area contributed by atoms with Gasteiger partial charge in [0.1, 0.15) is 40.9 Å². The third kappa shape index (κ3) is 7.81. The molecule has 0 bridgehead atoms. The number of aromatic nitrogens is 5. The number of pyridine rings is 1. The minimum absolute atomic E-state index is 0.0701. The van der Waals surface area contributed by atoms with Crippen LogP contribution in [0.5, 0.6) is 0 Å². The smallest absolute Gasteiger partial charge is 0.293 e. The number of morpholine rings is 1. The molecule has 316 valence electrons. The van der Waals surface area contributed by atoms with Gasteiger partial charge in [0.25, 0.3) is 12.3 Å². The number of nitrogens with zero attached hydrogens (tertiary/aromatic N) is 5. The summed E-state index contributed by atoms with van der Waals surface area (Å²) in [6.07, 6.45) is -2.12. The SMILES string of the molecule is Cn1nc(NS(C)(=O)=O)c2c(Cl)ccc(-c3ccc(C#CC4(C)CNCCO4)nc3[C@H](Cc3cc(F)cc(F)c3)NC(=O)Cn3nc(C(F)F)c4c3C(F)(F)[C@@H]3CC[C@H]43)c21. The number of ether oxygens (including phenoxy) is 1. The fourth-order valence-electron chi connectivity index (χ4n) is 8.38. The van der Waals surface area contributed by atoms with E-state index in [1.54, 1.807) is 32.2 Å². The van der Waals surface area contributed by atoms with E-state index in [1.807, 2.05) is 0 Å². The Labute approximate surface area is 345 Å². The number of carbonyl (C=O) groups is 1. The van der Waals surface area contributed by atoms with E-state index in [1.165, 1.54) is 10.7 Å². The van der Waals surface area contributed by atoms with Crippen LogP contribution in [0.4, 0.5) is 32.2 Å². The van der Waals surface area contributed by atoms with E-state index in [2.05, 4.69) is 37.4 Å². The van der Waals surface area contributed by atoms with Gasteiger partial charge in [0.05, 0.1) is 40.5 Å². The van der Waals surface area contributed by atoms with E-state index in [4.69, 9.17) is 21.3 Å². The quantitative estimate of drug-likeness (QED) is 0.107. The molecule has 5 aromatic rings. The summed E-state index contributed by atoms with van der Waals surface area (Å²) in [5.74, 6) is -2.27. The molecule has 8 rings (SSSR count). The Kier molecular flexibility index (Phi) is 10.7. The fraction of sp³-hybridized carbons (Fsp3) is 0.400. The highest BCUT2D eigenvalue weighted by Crippen LogP contribution is 2.63. The number of amides is 1. The second-order valence-electron chi connectivity index (χ2n) is 15.4. The molecule has 3 aliphatic rings. The number of halogens is 7. The number of alkyl halides is 4. The first kappa shape index (κ1) is 41.6. The molecule has 3 N–H and O–H groups in total. The molecule has 3 aromatic heterocycles. The van der Waals surface area contributed by atoms with E-state index < -0.39 is 81.3 Å². The monoisotopic (exact) mass is 874 g/mol. The van der Waals surface area contributed by atoms with Crippen LogP contribution in [0.3, 0.4) is 0 Å². The second-order valence-corrected chi connectivity index (χ2v) is 17.6. The van der Waals surface area contributed by atoms with Crippen LogP contribution in [0.25, 0.3) is 22.0 Å². The normalized spacial score (nSPS) is 21.2. The Bertz CT molecular complexity index is 2710. The van der Waals surface area contributed by atoms with Gasteiger partial charge in [-0.2, -0.15) is 19.0 Å². The molecule has 1 unspecified atom stereocenters. The molecule has 1 aliphatic heterocycles. The largest absolute Gasteiger partial charge is 0.360 e. The molecule has 4 atom stereocenters. The fourth-order valence-corrected chi connectivity index (χ4v) is 9.12. The lowest BCUT2D eigenvalue weighted by atomic mass is 9.73. The van der Waals surface area contributed by atoms with Gasteiger partial charge >= 0.3 is 0 Å². The lowest BCUT2D eigenvalue weighted by Crippen LogP contribution is -2.46. The summed E-state index contributed by atoms with van der Waals surface area (Å²) in [5.41, 5.74) is -1.31. The summed E-state index contributed by atoms with van der Waals surface area (Å²) in [4.78, 5) is 19.0. The maximum Gasteiger partial charge on any atom is 0.293 e. The highest BCUT2D eigenvalue weighted by molar-refractivity contribution is 7.92. The van der Waals surface area contributed by atoms with Crippen LogP contribution in [0.15, 0.2) is 42.5 Å². The molecule has 1 amide bonds. The summed E-state index contributed by atoms with van der Waals surface area (Å²) in [7, 11) is -2.28. The van der Waals surface area contributed by atoms with E-state index in [-0.39, 0.29) is 58.0 Å². The molecule has 1 saturated heterocycles. The van der Waals surface area contributed by atoms with E-state index in [0.29, 0.717) is 47.1 Å². The van der Waals surface area contributed by atoms with Crippen molar-refractivity contribution < 1.29 is 44.3 Å². The van der Waals surface area contributed by atoms with Gasteiger partial charge in [0, 0.05) is 48.8 Å². The van der Waals surface area contributed by atoms with Crippen molar-refractivity contribution >= 4 is 44.3 Å². The van der Waals surface area contributed by atoms with Crippen LogP contribution in [-0.4, -0.2) is 70.4 Å². The van der Waals surface area contributed by atoms with Crippen LogP contribution in [0.1, 0.15) is 72.1 Å². The molecule has 2 fully saturated rings. The predicted octanol–water partition coefficient (Wildman–Crippen LogP) is 6.50. The zero-order chi connectivity index (χ0) is 42.9. The number of carbonyl (C=O) groups excluding carboxylic acids is 1. The summed E-state index contributed by atoms with van der Waals surface area (Å²) < 4.78 is 124.